The molecule has 30 heavy (non-hydrogen) atoms. The van der Waals surface area contributed by atoms with Gasteiger partial charge in [-0.25, -0.2) is 5.43 Å². The van der Waals surface area contributed by atoms with Crippen molar-refractivity contribution in [3.8, 4) is 11.5 Å². The van der Waals surface area contributed by atoms with E-state index in [0.717, 1.165) is 32.7 Å². The molecule has 0 aromatic heterocycles. The van der Waals surface area contributed by atoms with Crippen LogP contribution in [-0.4, -0.2) is 56.4 Å². The lowest BCUT2D eigenvalue weighted by Gasteiger charge is -2.31. The Hall–Kier alpha value is -2.90. The summed E-state index contributed by atoms with van der Waals surface area (Å²) in [5.74, 6) is -0.0879. The Balaban J connectivity index is 1.41. The molecule has 0 saturated carbocycles. The molecule has 1 heterocycles. The Bertz CT molecular complexity index is 859. The summed E-state index contributed by atoms with van der Waals surface area (Å²) in [5, 5.41) is 16.1. The highest BCUT2D eigenvalue weighted by Crippen LogP contribution is 2.25. The molecule has 1 amide bonds. The fourth-order valence-electron chi connectivity index (χ4n) is 3.50. The van der Waals surface area contributed by atoms with Crippen molar-refractivity contribution in [2.75, 3.05) is 39.3 Å². The third kappa shape index (κ3) is 6.30. The van der Waals surface area contributed by atoms with E-state index in [9.17, 15) is 9.90 Å². The molecule has 1 aliphatic heterocycles. The van der Waals surface area contributed by atoms with Crippen molar-refractivity contribution < 1.29 is 19.5 Å². The van der Waals surface area contributed by atoms with Gasteiger partial charge in [0, 0.05) is 19.6 Å². The van der Waals surface area contributed by atoms with Crippen LogP contribution in [0, 0.1) is 6.92 Å². The summed E-state index contributed by atoms with van der Waals surface area (Å²) in [6.45, 7) is 9.43. The van der Waals surface area contributed by atoms with E-state index in [1.54, 1.807) is 18.2 Å². The van der Waals surface area contributed by atoms with Crippen LogP contribution in [0.1, 0.15) is 23.6 Å². The van der Waals surface area contributed by atoms with E-state index in [4.69, 9.17) is 4.74 Å². The zero-order valence-electron chi connectivity index (χ0n) is 17.7. The third-order valence-electron chi connectivity index (χ3n) is 5.20. The van der Waals surface area contributed by atoms with Crippen molar-refractivity contribution >= 4 is 12.1 Å². The minimum Gasteiger partial charge on any atom is -0.870 e. The number of carbonyl (C=O) groups excluding carboxylic acids is 1. The first-order chi connectivity index (χ1) is 14.5. The number of quaternary nitrogens is 1. The predicted molar refractivity (Wildman–Crippen MR) is 115 cm³/mol. The molecule has 3 rings (SSSR count). The van der Waals surface area contributed by atoms with Gasteiger partial charge in [0.15, 0.2) is 6.54 Å². The van der Waals surface area contributed by atoms with Gasteiger partial charge >= 0.3 is 0 Å². The predicted octanol–water partition coefficient (Wildman–Crippen LogP) is 0.318. The maximum Gasteiger partial charge on any atom is 0.295 e. The summed E-state index contributed by atoms with van der Waals surface area (Å²) in [5.41, 5.74) is 5.51. The van der Waals surface area contributed by atoms with Crippen LogP contribution < -0.4 is 20.2 Å². The van der Waals surface area contributed by atoms with Crippen LogP contribution in [0.15, 0.2) is 47.6 Å². The number of hydrogen-bond donors (Lipinski definition) is 2. The highest BCUT2D eigenvalue weighted by Gasteiger charge is 2.22. The highest BCUT2D eigenvalue weighted by atomic mass is 16.5. The molecule has 1 saturated heterocycles. The number of benzene rings is 2. The first-order valence-electron chi connectivity index (χ1n) is 10.4. The lowest BCUT2D eigenvalue weighted by molar-refractivity contribution is -0.896. The second-order valence-corrected chi connectivity index (χ2v) is 7.59. The second-order valence-electron chi connectivity index (χ2n) is 7.59. The van der Waals surface area contributed by atoms with Crippen molar-refractivity contribution in [1.82, 2.24) is 10.3 Å². The van der Waals surface area contributed by atoms with Gasteiger partial charge in [-0.15, -0.1) is 0 Å². The summed E-state index contributed by atoms with van der Waals surface area (Å²) < 4.78 is 5.29. The van der Waals surface area contributed by atoms with Crippen molar-refractivity contribution in [3.63, 3.8) is 0 Å². The number of para-hydroxylation sites is 1. The molecular formula is C23H30N4O3. The smallest absolute Gasteiger partial charge is 0.295 e. The number of rotatable bonds is 8. The van der Waals surface area contributed by atoms with Gasteiger partial charge in [0.25, 0.3) is 5.91 Å². The van der Waals surface area contributed by atoms with Gasteiger partial charge in [-0.3, -0.25) is 9.69 Å². The standard InChI is InChI=1S/C23H30N4O3/c1-3-30-21-6-4-5-20(23(21)29)15-24-25-22(28)17-27-13-11-26(12-14-27)16-19-9-7-18(2)8-10-19/h4-10,15,29H,3,11-14,16-17H2,1-2H3,(H,25,28). The van der Waals surface area contributed by atoms with E-state index in [2.05, 4.69) is 46.6 Å². The zero-order valence-corrected chi connectivity index (χ0v) is 17.7. The average Bonchev–Trinajstić information content (AvgIpc) is 2.74. The molecule has 1 fully saturated rings. The molecule has 2 aromatic rings. The summed E-state index contributed by atoms with van der Waals surface area (Å²) in [7, 11) is 0. The number of carbonyl (C=O) groups is 1. The second kappa shape index (κ2) is 10.8. The van der Waals surface area contributed by atoms with Gasteiger partial charge in [-0.2, -0.15) is 5.10 Å². The van der Waals surface area contributed by atoms with E-state index in [1.165, 1.54) is 22.2 Å². The SMILES string of the molecule is CCOc1cccc(C=NNC(=O)C[NH+]2CCN(Cc3ccc(C)cc3)CC2)c1[O-]. The third-order valence-corrected chi connectivity index (χ3v) is 5.20. The van der Waals surface area contributed by atoms with Gasteiger partial charge < -0.3 is 14.7 Å². The Labute approximate surface area is 178 Å². The molecule has 7 nitrogen and oxygen atoms in total. The molecule has 0 aliphatic carbocycles. The molecule has 0 spiro atoms. The van der Waals surface area contributed by atoms with Gasteiger partial charge in [-0.1, -0.05) is 47.7 Å². The van der Waals surface area contributed by atoms with Crippen LogP contribution in [0.5, 0.6) is 11.5 Å². The molecule has 2 N–H and O–H groups in total. The fraction of sp³-hybridized carbons (Fsp3) is 0.391. The minimum absolute atomic E-state index is 0.151. The van der Waals surface area contributed by atoms with Crippen molar-refractivity contribution in [1.29, 1.82) is 0 Å². The zero-order chi connectivity index (χ0) is 21.3. The first-order valence-corrected chi connectivity index (χ1v) is 10.4. The van der Waals surface area contributed by atoms with E-state index in [1.807, 2.05) is 6.92 Å². The molecule has 0 unspecified atom stereocenters. The number of aryl methyl sites for hydroxylation is 1. The Morgan fingerprint density at radius 3 is 2.67 bits per heavy atom. The largest absolute Gasteiger partial charge is 0.870 e. The van der Waals surface area contributed by atoms with Crippen LogP contribution >= 0.6 is 0 Å². The highest BCUT2D eigenvalue weighted by molar-refractivity contribution is 5.86. The van der Waals surface area contributed by atoms with E-state index >= 15 is 0 Å². The quantitative estimate of drug-likeness (QED) is 0.485. The van der Waals surface area contributed by atoms with E-state index < -0.39 is 0 Å². The Kier molecular flexibility index (Phi) is 7.82. The van der Waals surface area contributed by atoms with Crippen LogP contribution in [0.4, 0.5) is 0 Å². The number of nitrogens with one attached hydrogen (secondary N) is 2. The van der Waals surface area contributed by atoms with Gasteiger partial charge in [0.1, 0.15) is 5.75 Å². The number of amides is 1. The number of piperazine rings is 1. The number of hydrogen-bond acceptors (Lipinski definition) is 5. The molecule has 0 bridgehead atoms. The van der Waals surface area contributed by atoms with E-state index in [0.29, 0.717) is 24.5 Å². The fourth-order valence-corrected chi connectivity index (χ4v) is 3.50. The topological polar surface area (TPSA) is 81.4 Å². The van der Waals surface area contributed by atoms with Crippen molar-refractivity contribution in [3.05, 3.63) is 59.2 Å². The Morgan fingerprint density at radius 1 is 1.23 bits per heavy atom. The van der Waals surface area contributed by atoms with Gasteiger partial charge in [0.2, 0.25) is 0 Å². The molecule has 7 heteroatoms. The van der Waals surface area contributed by atoms with Crippen molar-refractivity contribution in [2.24, 2.45) is 5.10 Å². The summed E-state index contributed by atoms with van der Waals surface area (Å²) in [6, 6.07) is 13.7. The van der Waals surface area contributed by atoms with Gasteiger partial charge in [0.05, 0.1) is 25.9 Å². The summed E-state index contributed by atoms with van der Waals surface area (Å²) >= 11 is 0. The van der Waals surface area contributed by atoms with Crippen LogP contribution in [0.25, 0.3) is 0 Å². The normalized spacial score (nSPS) is 15.4. The van der Waals surface area contributed by atoms with Crippen LogP contribution in [0.3, 0.4) is 0 Å². The molecule has 2 aromatic carbocycles. The van der Waals surface area contributed by atoms with Crippen LogP contribution in [0.2, 0.25) is 0 Å². The lowest BCUT2D eigenvalue weighted by Crippen LogP contribution is -3.15. The Morgan fingerprint density at radius 2 is 1.97 bits per heavy atom. The lowest BCUT2D eigenvalue weighted by atomic mass is 10.1. The number of ether oxygens (including phenoxy) is 1. The molecule has 0 atom stereocenters. The molecule has 0 radical (unpaired) electrons. The minimum atomic E-state index is -0.229. The summed E-state index contributed by atoms with van der Waals surface area (Å²) in [4.78, 5) is 15.9. The molecular weight excluding hydrogens is 380 g/mol. The molecule has 160 valence electrons. The average molecular weight is 411 g/mol. The maximum absolute atomic E-state index is 12.2. The molecule has 1 aliphatic rings. The first kappa shape index (κ1) is 21.8. The van der Waals surface area contributed by atoms with Crippen LogP contribution in [-0.2, 0) is 11.3 Å². The van der Waals surface area contributed by atoms with Gasteiger partial charge in [-0.05, 0) is 31.0 Å². The number of hydrazone groups is 1. The monoisotopic (exact) mass is 410 g/mol. The van der Waals surface area contributed by atoms with Crippen molar-refractivity contribution in [2.45, 2.75) is 20.4 Å². The maximum atomic E-state index is 12.2. The number of nitrogens with zero attached hydrogens (tertiary/aromatic N) is 2. The van der Waals surface area contributed by atoms with E-state index in [-0.39, 0.29) is 11.7 Å². The summed E-state index contributed by atoms with van der Waals surface area (Å²) in [6.07, 6.45) is 1.37.